The largest absolute Gasteiger partial charge is 0.308 e. The van der Waals surface area contributed by atoms with Crippen LogP contribution in [-0.2, 0) is 6.54 Å². The van der Waals surface area contributed by atoms with Crippen LogP contribution in [0.3, 0.4) is 0 Å². The average Bonchev–Trinajstić information content (AvgIpc) is 2.71. The third-order valence-corrected chi connectivity index (χ3v) is 3.20. The van der Waals surface area contributed by atoms with Crippen LogP contribution < -0.4 is 5.32 Å². The van der Waals surface area contributed by atoms with E-state index >= 15 is 0 Å². The number of nitrogens with one attached hydrogen (secondary N) is 1. The van der Waals surface area contributed by atoms with Crippen molar-refractivity contribution in [2.24, 2.45) is 0 Å². The average molecular weight is 286 g/mol. The Kier molecular flexibility index (Phi) is 4.17. The molecule has 1 aromatic carbocycles. The summed E-state index contributed by atoms with van der Waals surface area (Å²) in [4.78, 5) is 0. The van der Waals surface area contributed by atoms with E-state index in [1.54, 1.807) is 11.7 Å². The van der Waals surface area contributed by atoms with Crippen molar-refractivity contribution in [1.29, 1.82) is 0 Å². The van der Waals surface area contributed by atoms with Crippen LogP contribution in [0.2, 0.25) is 5.02 Å². The molecular weight excluding hydrogens is 272 g/mol. The Morgan fingerprint density at radius 1 is 1.32 bits per heavy atom. The fourth-order valence-corrected chi connectivity index (χ4v) is 2.36. The standard InChI is InChI=1S/C13H14ClF2N3/c1-3-19-13(11(14)7-18-19)12(17-2)8-4-9(15)6-10(16)5-8/h4-7,12,17H,3H2,1-2H3. The second kappa shape index (κ2) is 5.67. The number of hydrogen-bond acceptors (Lipinski definition) is 2. The van der Waals surface area contributed by atoms with E-state index in [0.717, 1.165) is 6.07 Å². The molecule has 3 nitrogen and oxygen atoms in total. The molecule has 0 bridgehead atoms. The molecule has 0 aliphatic rings. The van der Waals surface area contributed by atoms with E-state index in [1.165, 1.54) is 18.3 Å². The van der Waals surface area contributed by atoms with E-state index in [1.807, 2.05) is 6.92 Å². The summed E-state index contributed by atoms with van der Waals surface area (Å²) in [6, 6.07) is 3.00. The van der Waals surface area contributed by atoms with Gasteiger partial charge in [-0.05, 0) is 31.7 Å². The number of hydrogen-bond donors (Lipinski definition) is 1. The Bertz CT molecular complexity index is 563. The molecule has 0 amide bonds. The lowest BCUT2D eigenvalue weighted by molar-refractivity contribution is 0.546. The first kappa shape index (κ1) is 14.0. The zero-order valence-corrected chi connectivity index (χ0v) is 11.4. The molecule has 1 N–H and O–H groups in total. The Labute approximate surface area is 115 Å². The van der Waals surface area contributed by atoms with Crippen LogP contribution in [0.4, 0.5) is 8.78 Å². The summed E-state index contributed by atoms with van der Waals surface area (Å²) in [5.41, 5.74) is 1.16. The Morgan fingerprint density at radius 3 is 2.47 bits per heavy atom. The number of aromatic nitrogens is 2. The maximum absolute atomic E-state index is 13.3. The summed E-state index contributed by atoms with van der Waals surface area (Å²) in [6.07, 6.45) is 1.53. The van der Waals surface area contributed by atoms with Crippen LogP contribution in [0.1, 0.15) is 24.2 Å². The lowest BCUT2D eigenvalue weighted by atomic mass is 10.0. The number of rotatable bonds is 4. The topological polar surface area (TPSA) is 29.9 Å². The maximum atomic E-state index is 13.3. The van der Waals surface area contributed by atoms with E-state index in [0.29, 0.717) is 22.8 Å². The molecule has 102 valence electrons. The fraction of sp³-hybridized carbons (Fsp3) is 0.308. The molecular formula is C13H14ClF2N3. The molecule has 2 aromatic rings. The minimum Gasteiger partial charge on any atom is -0.308 e. The molecule has 0 radical (unpaired) electrons. The molecule has 0 fully saturated rings. The van der Waals surface area contributed by atoms with Crippen molar-refractivity contribution in [3.63, 3.8) is 0 Å². The molecule has 1 aromatic heterocycles. The van der Waals surface area contributed by atoms with Gasteiger partial charge in [0.1, 0.15) is 11.6 Å². The minimum absolute atomic E-state index is 0.417. The SMILES string of the molecule is CCn1ncc(Cl)c1C(NC)c1cc(F)cc(F)c1. The maximum Gasteiger partial charge on any atom is 0.126 e. The van der Waals surface area contributed by atoms with Gasteiger partial charge in [-0.3, -0.25) is 4.68 Å². The highest BCUT2D eigenvalue weighted by atomic mass is 35.5. The zero-order chi connectivity index (χ0) is 14.0. The highest BCUT2D eigenvalue weighted by Crippen LogP contribution is 2.28. The van der Waals surface area contributed by atoms with Crippen molar-refractivity contribution in [2.45, 2.75) is 19.5 Å². The first-order chi connectivity index (χ1) is 9.06. The molecule has 1 heterocycles. The lowest BCUT2D eigenvalue weighted by Crippen LogP contribution is -2.22. The van der Waals surface area contributed by atoms with E-state index in [2.05, 4.69) is 10.4 Å². The summed E-state index contributed by atoms with van der Waals surface area (Å²) >= 11 is 6.12. The smallest absolute Gasteiger partial charge is 0.126 e. The van der Waals surface area contributed by atoms with Crippen LogP contribution in [0.15, 0.2) is 24.4 Å². The Balaban J connectivity index is 2.52. The van der Waals surface area contributed by atoms with Gasteiger partial charge in [0.25, 0.3) is 0 Å². The second-order valence-electron chi connectivity index (χ2n) is 4.12. The van der Waals surface area contributed by atoms with E-state index in [4.69, 9.17) is 11.6 Å². The predicted molar refractivity (Wildman–Crippen MR) is 70.2 cm³/mol. The molecule has 19 heavy (non-hydrogen) atoms. The minimum atomic E-state index is -0.617. The monoisotopic (exact) mass is 285 g/mol. The molecule has 0 aliphatic carbocycles. The van der Waals surface area contributed by atoms with Crippen LogP contribution in [0.25, 0.3) is 0 Å². The van der Waals surface area contributed by atoms with Gasteiger partial charge in [-0.1, -0.05) is 11.6 Å². The molecule has 1 unspecified atom stereocenters. The highest BCUT2D eigenvalue weighted by molar-refractivity contribution is 6.31. The Hall–Kier alpha value is -1.46. The summed E-state index contributed by atoms with van der Waals surface area (Å²) in [5.74, 6) is -1.23. The fourth-order valence-electron chi connectivity index (χ4n) is 2.11. The van der Waals surface area contributed by atoms with Gasteiger partial charge in [0.05, 0.1) is 23.0 Å². The van der Waals surface area contributed by atoms with Crippen molar-refractivity contribution < 1.29 is 8.78 Å². The van der Waals surface area contributed by atoms with Crippen LogP contribution in [0.5, 0.6) is 0 Å². The summed E-state index contributed by atoms with van der Waals surface area (Å²) in [5, 5.41) is 7.61. The van der Waals surface area contributed by atoms with Crippen molar-refractivity contribution in [1.82, 2.24) is 15.1 Å². The van der Waals surface area contributed by atoms with Gasteiger partial charge in [0.15, 0.2) is 0 Å². The number of nitrogens with zero attached hydrogens (tertiary/aromatic N) is 2. The van der Waals surface area contributed by atoms with Crippen LogP contribution >= 0.6 is 11.6 Å². The molecule has 0 saturated heterocycles. The Morgan fingerprint density at radius 2 is 1.95 bits per heavy atom. The van der Waals surface area contributed by atoms with Crippen molar-refractivity contribution in [2.75, 3.05) is 7.05 Å². The van der Waals surface area contributed by atoms with Gasteiger partial charge in [-0.25, -0.2) is 8.78 Å². The van der Waals surface area contributed by atoms with Crippen molar-refractivity contribution in [3.8, 4) is 0 Å². The van der Waals surface area contributed by atoms with Crippen LogP contribution in [-0.4, -0.2) is 16.8 Å². The third-order valence-electron chi connectivity index (χ3n) is 2.91. The van der Waals surface area contributed by atoms with Gasteiger partial charge < -0.3 is 5.32 Å². The number of aryl methyl sites for hydroxylation is 1. The first-order valence-electron chi connectivity index (χ1n) is 5.91. The predicted octanol–water partition coefficient (Wildman–Crippen LogP) is 3.14. The first-order valence-corrected chi connectivity index (χ1v) is 6.29. The van der Waals surface area contributed by atoms with Gasteiger partial charge in [0, 0.05) is 12.6 Å². The molecule has 0 aliphatic heterocycles. The highest BCUT2D eigenvalue weighted by Gasteiger charge is 2.21. The van der Waals surface area contributed by atoms with Gasteiger partial charge in [-0.15, -0.1) is 0 Å². The molecule has 0 saturated carbocycles. The normalized spacial score (nSPS) is 12.7. The molecule has 1 atom stereocenters. The molecule has 6 heteroatoms. The third kappa shape index (κ3) is 2.77. The zero-order valence-electron chi connectivity index (χ0n) is 10.6. The van der Waals surface area contributed by atoms with Gasteiger partial charge in [0.2, 0.25) is 0 Å². The van der Waals surface area contributed by atoms with Gasteiger partial charge >= 0.3 is 0 Å². The van der Waals surface area contributed by atoms with E-state index in [-0.39, 0.29) is 0 Å². The number of benzene rings is 1. The number of halogens is 3. The summed E-state index contributed by atoms with van der Waals surface area (Å²) in [7, 11) is 1.71. The quantitative estimate of drug-likeness (QED) is 0.935. The van der Waals surface area contributed by atoms with E-state index < -0.39 is 17.7 Å². The second-order valence-corrected chi connectivity index (χ2v) is 4.53. The van der Waals surface area contributed by atoms with Gasteiger partial charge in [-0.2, -0.15) is 5.10 Å². The summed E-state index contributed by atoms with van der Waals surface area (Å²) in [6.45, 7) is 2.55. The molecule has 2 rings (SSSR count). The lowest BCUT2D eigenvalue weighted by Gasteiger charge is -2.19. The van der Waals surface area contributed by atoms with Crippen LogP contribution in [0, 0.1) is 11.6 Å². The summed E-state index contributed by atoms with van der Waals surface area (Å²) < 4.78 is 28.4. The van der Waals surface area contributed by atoms with E-state index in [9.17, 15) is 8.78 Å². The van der Waals surface area contributed by atoms with Crippen molar-refractivity contribution in [3.05, 3.63) is 52.3 Å². The van der Waals surface area contributed by atoms with Crippen molar-refractivity contribution >= 4 is 11.6 Å². The molecule has 0 spiro atoms.